The number of hydrogen-bond acceptors (Lipinski definition) is 7. The van der Waals surface area contributed by atoms with Gasteiger partial charge in [-0.2, -0.15) is 0 Å². The third-order valence-corrected chi connectivity index (χ3v) is 6.98. The second-order valence-electron chi connectivity index (χ2n) is 7.22. The van der Waals surface area contributed by atoms with Gasteiger partial charge in [-0.1, -0.05) is 23.4 Å². The van der Waals surface area contributed by atoms with Crippen molar-refractivity contribution in [3.8, 4) is 17.0 Å². The number of rotatable bonds is 9. The van der Waals surface area contributed by atoms with Gasteiger partial charge in [-0.3, -0.25) is 4.79 Å². The molecule has 2 aromatic carbocycles. The van der Waals surface area contributed by atoms with E-state index in [-0.39, 0.29) is 24.1 Å². The molecule has 2 heterocycles. The van der Waals surface area contributed by atoms with Crippen molar-refractivity contribution >= 4 is 45.7 Å². The van der Waals surface area contributed by atoms with Crippen LogP contribution in [0.25, 0.3) is 11.3 Å². The Balaban J connectivity index is 1.32. The van der Waals surface area contributed by atoms with E-state index >= 15 is 0 Å². The average Bonchev–Trinajstić information content (AvgIpc) is 3.45. The Morgan fingerprint density at radius 2 is 2.03 bits per heavy atom. The normalized spacial score (nSPS) is 10.9. The molecule has 4 rings (SSSR count). The van der Waals surface area contributed by atoms with Gasteiger partial charge in [-0.05, 0) is 61.9 Å². The number of aryl methyl sites for hydroxylation is 1. The van der Waals surface area contributed by atoms with Crippen LogP contribution in [0.5, 0.6) is 5.75 Å². The second-order valence-corrected chi connectivity index (χ2v) is 9.43. The van der Waals surface area contributed by atoms with Gasteiger partial charge in [0.25, 0.3) is 0 Å². The summed E-state index contributed by atoms with van der Waals surface area (Å²) >= 11 is 8.66. The molecular weight excluding hydrogens is 497 g/mol. The van der Waals surface area contributed by atoms with Gasteiger partial charge in [0, 0.05) is 22.5 Å². The lowest BCUT2D eigenvalue weighted by molar-refractivity contribution is -0.113. The van der Waals surface area contributed by atoms with Gasteiger partial charge in [-0.15, -0.1) is 21.5 Å². The Labute approximate surface area is 209 Å². The van der Waals surface area contributed by atoms with E-state index in [4.69, 9.17) is 16.3 Å². The van der Waals surface area contributed by atoms with Crippen molar-refractivity contribution in [1.29, 1.82) is 0 Å². The maximum Gasteiger partial charge on any atom is 0.236 e. The van der Waals surface area contributed by atoms with E-state index in [2.05, 4.69) is 20.5 Å². The molecule has 7 nitrogen and oxygen atoms in total. The van der Waals surface area contributed by atoms with Crippen LogP contribution in [0, 0.1) is 12.7 Å². The number of hydrogen-bond donors (Lipinski definition) is 1. The Hall–Kier alpha value is -2.95. The van der Waals surface area contributed by atoms with Gasteiger partial charge >= 0.3 is 0 Å². The molecule has 4 aromatic rings. The number of aromatic nitrogens is 4. The van der Waals surface area contributed by atoms with Gasteiger partial charge in [0.15, 0.2) is 16.1 Å². The summed E-state index contributed by atoms with van der Waals surface area (Å²) < 4.78 is 20.9. The Bertz CT molecular complexity index is 1290. The highest BCUT2D eigenvalue weighted by molar-refractivity contribution is 7.99. The highest BCUT2D eigenvalue weighted by Crippen LogP contribution is 2.26. The van der Waals surface area contributed by atoms with Gasteiger partial charge in [0.05, 0.1) is 11.4 Å². The molecule has 1 amide bonds. The van der Waals surface area contributed by atoms with Crippen LogP contribution in [0.1, 0.15) is 18.3 Å². The maximum absolute atomic E-state index is 13.1. The van der Waals surface area contributed by atoms with E-state index in [0.29, 0.717) is 39.1 Å². The van der Waals surface area contributed by atoms with Crippen LogP contribution < -0.4 is 10.1 Å². The maximum atomic E-state index is 13.1. The minimum absolute atomic E-state index is 0.154. The summed E-state index contributed by atoms with van der Waals surface area (Å²) in [6.07, 6.45) is 0. The number of benzene rings is 2. The largest absolute Gasteiger partial charge is 0.486 e. The summed E-state index contributed by atoms with van der Waals surface area (Å²) in [5.41, 5.74) is 2.40. The fourth-order valence-corrected chi connectivity index (χ4v) is 4.75. The van der Waals surface area contributed by atoms with Crippen molar-refractivity contribution in [1.82, 2.24) is 19.7 Å². The standard InChI is InChI=1S/C23H21ClFN5O2S2/c1-3-30-20(11-32-17-8-9-18(24)14(2)10-17)28-29-23(30)34-13-21(31)27-22-26-19(12-33-22)15-4-6-16(25)7-5-15/h4-10,12H,3,11,13H2,1-2H3,(H,26,27,31). The number of carbonyl (C=O) groups excluding carboxylic acids is 1. The predicted octanol–water partition coefficient (Wildman–Crippen LogP) is 5.83. The number of nitrogens with zero attached hydrogens (tertiary/aromatic N) is 4. The van der Waals surface area contributed by atoms with Gasteiger partial charge in [0.2, 0.25) is 5.91 Å². The molecule has 34 heavy (non-hydrogen) atoms. The smallest absolute Gasteiger partial charge is 0.236 e. The van der Waals surface area contributed by atoms with E-state index in [1.54, 1.807) is 18.2 Å². The highest BCUT2D eigenvalue weighted by Gasteiger charge is 2.15. The molecule has 2 aromatic heterocycles. The predicted molar refractivity (Wildman–Crippen MR) is 133 cm³/mol. The van der Waals surface area contributed by atoms with Crippen LogP contribution in [0.15, 0.2) is 53.0 Å². The SMILES string of the molecule is CCn1c(COc2ccc(Cl)c(C)c2)nnc1SCC(=O)Nc1nc(-c2ccc(F)cc2)cs1. The molecule has 0 spiro atoms. The first-order valence-electron chi connectivity index (χ1n) is 10.4. The number of thioether (sulfide) groups is 1. The molecule has 0 fully saturated rings. The van der Waals surface area contributed by atoms with Crippen molar-refractivity contribution in [2.24, 2.45) is 0 Å². The summed E-state index contributed by atoms with van der Waals surface area (Å²) in [4.78, 5) is 16.8. The topological polar surface area (TPSA) is 81.9 Å². The molecule has 0 bridgehead atoms. The number of carbonyl (C=O) groups is 1. The van der Waals surface area contributed by atoms with Crippen molar-refractivity contribution in [2.45, 2.75) is 32.2 Å². The van der Waals surface area contributed by atoms with Crippen LogP contribution >= 0.6 is 34.7 Å². The van der Waals surface area contributed by atoms with E-state index < -0.39 is 0 Å². The number of anilines is 1. The highest BCUT2D eigenvalue weighted by atomic mass is 35.5. The molecule has 0 aliphatic rings. The van der Waals surface area contributed by atoms with Crippen molar-refractivity contribution in [3.63, 3.8) is 0 Å². The Morgan fingerprint density at radius 1 is 1.24 bits per heavy atom. The monoisotopic (exact) mass is 517 g/mol. The lowest BCUT2D eigenvalue weighted by Crippen LogP contribution is -2.14. The van der Waals surface area contributed by atoms with Gasteiger partial charge in [0.1, 0.15) is 18.2 Å². The second kappa shape index (κ2) is 11.0. The Morgan fingerprint density at radius 3 is 2.76 bits per heavy atom. The number of thiazole rings is 1. The molecule has 0 unspecified atom stereocenters. The number of amides is 1. The zero-order valence-corrected chi connectivity index (χ0v) is 20.8. The molecule has 0 atom stereocenters. The summed E-state index contributed by atoms with van der Waals surface area (Å²) in [5.74, 6) is 1.01. The van der Waals surface area contributed by atoms with Crippen LogP contribution in [0.2, 0.25) is 5.02 Å². The fourth-order valence-electron chi connectivity index (χ4n) is 3.07. The molecule has 1 N–H and O–H groups in total. The molecule has 11 heteroatoms. The lowest BCUT2D eigenvalue weighted by Gasteiger charge is -2.09. The first-order chi connectivity index (χ1) is 16.4. The summed E-state index contributed by atoms with van der Waals surface area (Å²) in [6, 6.07) is 11.5. The van der Waals surface area contributed by atoms with E-state index in [9.17, 15) is 9.18 Å². The number of halogens is 2. The number of ether oxygens (including phenoxy) is 1. The van der Waals surface area contributed by atoms with Gasteiger partial charge < -0.3 is 14.6 Å². The summed E-state index contributed by atoms with van der Waals surface area (Å²) in [5, 5.41) is 14.8. The molecular formula is C23H21ClFN5O2S2. The number of nitrogens with one attached hydrogen (secondary N) is 1. The molecule has 0 radical (unpaired) electrons. The summed E-state index contributed by atoms with van der Waals surface area (Å²) in [6.45, 7) is 4.79. The zero-order chi connectivity index (χ0) is 24.1. The molecule has 0 aliphatic heterocycles. The molecule has 176 valence electrons. The third kappa shape index (κ3) is 5.94. The van der Waals surface area contributed by atoms with Gasteiger partial charge in [-0.25, -0.2) is 9.37 Å². The average molecular weight is 518 g/mol. The third-order valence-electron chi connectivity index (χ3n) is 4.83. The first-order valence-corrected chi connectivity index (χ1v) is 12.6. The molecule has 0 aliphatic carbocycles. The minimum Gasteiger partial charge on any atom is -0.486 e. The van der Waals surface area contributed by atoms with Crippen LogP contribution in [-0.2, 0) is 17.9 Å². The van der Waals surface area contributed by atoms with Crippen molar-refractivity contribution in [2.75, 3.05) is 11.1 Å². The molecule has 0 saturated heterocycles. The van der Waals surface area contributed by atoms with Crippen molar-refractivity contribution < 1.29 is 13.9 Å². The van der Waals surface area contributed by atoms with Crippen LogP contribution in [0.3, 0.4) is 0 Å². The fraction of sp³-hybridized carbons (Fsp3) is 0.217. The molecule has 0 saturated carbocycles. The lowest BCUT2D eigenvalue weighted by atomic mass is 10.2. The van der Waals surface area contributed by atoms with Crippen LogP contribution in [-0.4, -0.2) is 31.4 Å². The Kier molecular flexibility index (Phi) is 7.81. The van der Waals surface area contributed by atoms with Crippen LogP contribution in [0.4, 0.5) is 9.52 Å². The van der Waals surface area contributed by atoms with E-state index in [1.807, 2.05) is 35.9 Å². The van der Waals surface area contributed by atoms with E-state index in [0.717, 1.165) is 11.1 Å². The first kappa shape index (κ1) is 24.2. The summed E-state index contributed by atoms with van der Waals surface area (Å²) in [7, 11) is 0. The quantitative estimate of drug-likeness (QED) is 0.281. The minimum atomic E-state index is -0.306. The van der Waals surface area contributed by atoms with Crippen molar-refractivity contribution in [3.05, 3.63) is 70.1 Å². The zero-order valence-electron chi connectivity index (χ0n) is 18.4. The van der Waals surface area contributed by atoms with E-state index in [1.165, 1.54) is 35.2 Å².